The van der Waals surface area contributed by atoms with Crippen molar-refractivity contribution in [2.75, 3.05) is 5.73 Å². The van der Waals surface area contributed by atoms with Gasteiger partial charge in [0, 0.05) is 6.42 Å². The molecule has 0 aliphatic rings. The molecule has 2 aromatic rings. The minimum absolute atomic E-state index is 0.0304. The average Bonchev–Trinajstić information content (AvgIpc) is 2.38. The van der Waals surface area contributed by atoms with E-state index in [4.69, 9.17) is 5.73 Å². The molecule has 0 aliphatic carbocycles. The summed E-state index contributed by atoms with van der Waals surface area (Å²) in [5.74, 6) is 0. The van der Waals surface area contributed by atoms with Crippen LogP contribution in [-0.2, 0) is 16.5 Å². The predicted octanol–water partition coefficient (Wildman–Crippen LogP) is 2.01. The van der Waals surface area contributed by atoms with Gasteiger partial charge in [0.2, 0.25) is 0 Å². The van der Waals surface area contributed by atoms with Gasteiger partial charge in [-0.3, -0.25) is 14.7 Å². The molecule has 0 heterocycles. The Morgan fingerprint density at radius 3 is 2.29 bits per heavy atom. The van der Waals surface area contributed by atoms with Crippen molar-refractivity contribution in [2.24, 2.45) is 0 Å². The van der Waals surface area contributed by atoms with E-state index in [-0.39, 0.29) is 17.7 Å². The van der Waals surface area contributed by atoms with Crippen LogP contribution in [0, 0.1) is 10.1 Å². The van der Waals surface area contributed by atoms with Gasteiger partial charge in [-0.15, -0.1) is 0 Å². The molecule has 110 valence electrons. The van der Waals surface area contributed by atoms with Crippen molar-refractivity contribution in [3.05, 3.63) is 63.7 Å². The molecule has 0 saturated carbocycles. The number of nitro benzene ring substituents is 1. The van der Waals surface area contributed by atoms with E-state index in [0.717, 1.165) is 12.1 Å². The molecule has 8 heteroatoms. The van der Waals surface area contributed by atoms with Gasteiger partial charge in [0.05, 0.1) is 10.5 Å². The summed E-state index contributed by atoms with van der Waals surface area (Å²) in [6.07, 6.45) is -0.0304. The van der Waals surface area contributed by atoms with Gasteiger partial charge in [-0.05, 0) is 17.7 Å². The summed E-state index contributed by atoms with van der Waals surface area (Å²) in [5, 5.41) is 11.2. The first-order valence-corrected chi connectivity index (χ1v) is 7.32. The number of nitrogens with two attached hydrogens (primary N) is 1. The lowest BCUT2D eigenvalue weighted by Crippen LogP contribution is -2.09. The molecule has 0 radical (unpaired) electrons. The van der Waals surface area contributed by atoms with E-state index in [0.29, 0.717) is 5.56 Å². The highest BCUT2D eigenvalue weighted by atomic mass is 32.2. The number of nitrogen functional groups attached to an aromatic ring is 1. The number of anilines is 1. The van der Waals surface area contributed by atoms with E-state index >= 15 is 0 Å². The Bertz CT molecular complexity index is 788. The van der Waals surface area contributed by atoms with Crippen LogP contribution in [0.25, 0.3) is 0 Å². The second-order valence-electron chi connectivity index (χ2n) is 4.37. The van der Waals surface area contributed by atoms with Gasteiger partial charge in [-0.25, -0.2) is 0 Å². The van der Waals surface area contributed by atoms with E-state index in [1.807, 2.05) is 0 Å². The van der Waals surface area contributed by atoms with Crippen molar-refractivity contribution < 1.29 is 17.9 Å². The Hall–Kier alpha value is -2.45. The highest BCUT2D eigenvalue weighted by Crippen LogP contribution is 2.33. The summed E-state index contributed by atoms with van der Waals surface area (Å²) in [6.45, 7) is 0. The van der Waals surface area contributed by atoms with Crippen molar-refractivity contribution in [1.29, 1.82) is 0 Å². The van der Waals surface area contributed by atoms with Crippen molar-refractivity contribution in [3.63, 3.8) is 0 Å². The fourth-order valence-corrected chi connectivity index (χ4v) is 2.78. The zero-order valence-electron chi connectivity index (χ0n) is 10.8. The molecule has 0 aromatic heterocycles. The minimum atomic E-state index is -4.59. The molecule has 0 amide bonds. The molecule has 0 atom stereocenters. The third-order valence-corrected chi connectivity index (χ3v) is 3.89. The van der Waals surface area contributed by atoms with E-state index in [1.165, 1.54) is 0 Å². The lowest BCUT2D eigenvalue weighted by molar-refractivity contribution is -0.384. The normalized spacial score (nSPS) is 11.3. The van der Waals surface area contributed by atoms with E-state index < -0.39 is 25.6 Å². The van der Waals surface area contributed by atoms with Crippen LogP contribution in [0.4, 0.5) is 11.4 Å². The largest absolute Gasteiger partial charge is 0.393 e. The van der Waals surface area contributed by atoms with Gasteiger partial charge in [-0.2, -0.15) is 8.42 Å². The Balaban J connectivity index is 2.70. The molecule has 3 N–H and O–H groups in total. The lowest BCUT2D eigenvalue weighted by atomic mass is 10.0. The second kappa shape index (κ2) is 5.51. The van der Waals surface area contributed by atoms with Gasteiger partial charge < -0.3 is 5.73 Å². The average molecular weight is 308 g/mol. The van der Waals surface area contributed by atoms with Crippen molar-refractivity contribution >= 4 is 21.5 Å². The molecule has 0 spiro atoms. The number of nitrogens with zero attached hydrogens (tertiary/aromatic N) is 1. The molecule has 2 rings (SSSR count). The Kier molecular flexibility index (Phi) is 3.92. The van der Waals surface area contributed by atoms with E-state index in [1.54, 1.807) is 30.3 Å². The molecule has 7 nitrogen and oxygen atoms in total. The highest BCUT2D eigenvalue weighted by Gasteiger charge is 2.27. The molecule has 0 saturated heterocycles. The molecule has 0 bridgehead atoms. The molecule has 0 fully saturated rings. The quantitative estimate of drug-likeness (QED) is 0.385. The zero-order chi connectivity index (χ0) is 15.6. The van der Waals surface area contributed by atoms with Crippen LogP contribution < -0.4 is 5.73 Å². The summed E-state index contributed by atoms with van der Waals surface area (Å²) >= 11 is 0. The summed E-state index contributed by atoms with van der Waals surface area (Å²) in [5.41, 5.74) is 5.44. The van der Waals surface area contributed by atoms with Gasteiger partial charge in [-0.1, -0.05) is 30.3 Å². The molecular weight excluding hydrogens is 296 g/mol. The monoisotopic (exact) mass is 308 g/mol. The number of hydrogen-bond donors (Lipinski definition) is 2. The van der Waals surface area contributed by atoms with Crippen molar-refractivity contribution in [3.8, 4) is 0 Å². The van der Waals surface area contributed by atoms with Crippen LogP contribution in [0.1, 0.15) is 11.1 Å². The maximum Gasteiger partial charge on any atom is 0.296 e. The molecule has 21 heavy (non-hydrogen) atoms. The van der Waals surface area contributed by atoms with Crippen LogP contribution >= 0.6 is 0 Å². The maximum absolute atomic E-state index is 11.4. The standard InChI is InChI=1S/C13H12N2O5S/c14-11-6-7-12(21(18,19)20)10(13(11)15(16)17)8-9-4-2-1-3-5-9/h1-7H,8,14H2,(H,18,19,20). The number of hydrogen-bond acceptors (Lipinski definition) is 5. The van der Waals surface area contributed by atoms with Gasteiger partial charge in [0.15, 0.2) is 0 Å². The van der Waals surface area contributed by atoms with E-state index in [2.05, 4.69) is 0 Å². The first-order valence-electron chi connectivity index (χ1n) is 5.88. The second-order valence-corrected chi connectivity index (χ2v) is 5.76. The Labute approximate surface area is 120 Å². The van der Waals surface area contributed by atoms with Crippen LogP contribution in [0.2, 0.25) is 0 Å². The van der Waals surface area contributed by atoms with E-state index in [9.17, 15) is 23.1 Å². The van der Waals surface area contributed by atoms with Crippen LogP contribution in [-0.4, -0.2) is 17.9 Å². The topological polar surface area (TPSA) is 124 Å². The van der Waals surface area contributed by atoms with Crippen molar-refractivity contribution in [2.45, 2.75) is 11.3 Å². The SMILES string of the molecule is Nc1ccc(S(=O)(=O)O)c(Cc2ccccc2)c1[N+](=O)[O-]. The summed E-state index contributed by atoms with van der Waals surface area (Å²) in [6, 6.07) is 10.8. The Morgan fingerprint density at radius 1 is 1.14 bits per heavy atom. The maximum atomic E-state index is 11.4. The number of nitro groups is 1. The summed E-state index contributed by atoms with van der Waals surface area (Å²) < 4.78 is 32.1. The fourth-order valence-electron chi connectivity index (χ4n) is 2.06. The molecule has 0 unspecified atom stereocenters. The van der Waals surface area contributed by atoms with Crippen molar-refractivity contribution in [1.82, 2.24) is 0 Å². The molecular formula is C13H12N2O5S. The first-order chi connectivity index (χ1) is 9.80. The minimum Gasteiger partial charge on any atom is -0.393 e. The molecule has 2 aromatic carbocycles. The fraction of sp³-hybridized carbons (Fsp3) is 0.0769. The predicted molar refractivity (Wildman–Crippen MR) is 76.6 cm³/mol. The van der Waals surface area contributed by atoms with Crippen LogP contribution in [0.15, 0.2) is 47.4 Å². The van der Waals surface area contributed by atoms with Gasteiger partial charge in [0.1, 0.15) is 10.6 Å². The van der Waals surface area contributed by atoms with Gasteiger partial charge >= 0.3 is 0 Å². The summed E-state index contributed by atoms with van der Waals surface area (Å²) in [4.78, 5) is 9.91. The van der Waals surface area contributed by atoms with Crippen LogP contribution in [0.3, 0.4) is 0 Å². The van der Waals surface area contributed by atoms with Gasteiger partial charge in [0.25, 0.3) is 15.8 Å². The summed E-state index contributed by atoms with van der Waals surface area (Å²) in [7, 11) is -4.59. The van der Waals surface area contributed by atoms with Crippen LogP contribution in [0.5, 0.6) is 0 Å². The smallest absolute Gasteiger partial charge is 0.296 e. The molecule has 0 aliphatic heterocycles. The number of rotatable bonds is 4. The zero-order valence-corrected chi connectivity index (χ0v) is 11.6. The highest BCUT2D eigenvalue weighted by molar-refractivity contribution is 7.85. The Morgan fingerprint density at radius 2 is 1.76 bits per heavy atom. The third kappa shape index (κ3) is 3.18. The first kappa shape index (κ1) is 14.9. The number of benzene rings is 2. The lowest BCUT2D eigenvalue weighted by Gasteiger charge is -2.10. The third-order valence-electron chi connectivity index (χ3n) is 2.96.